The molecule has 31 heavy (non-hydrogen) atoms. The molecule has 4 nitrogen and oxygen atoms in total. The van der Waals surface area contributed by atoms with E-state index in [9.17, 15) is 5.26 Å². The van der Waals surface area contributed by atoms with Gasteiger partial charge in [0.15, 0.2) is 0 Å². The van der Waals surface area contributed by atoms with Crippen LogP contribution in [0.5, 0.6) is 5.75 Å². The highest BCUT2D eigenvalue weighted by Crippen LogP contribution is 2.45. The average Bonchev–Trinajstić information content (AvgIpc) is 3.04. The van der Waals surface area contributed by atoms with E-state index in [1.165, 1.54) is 18.4 Å². The molecule has 2 atom stereocenters. The van der Waals surface area contributed by atoms with E-state index in [-0.39, 0.29) is 6.10 Å². The third-order valence-electron chi connectivity index (χ3n) is 6.28. The van der Waals surface area contributed by atoms with Crippen molar-refractivity contribution in [2.45, 2.75) is 72.4 Å². The molecule has 4 heteroatoms. The number of nitrogens with zero attached hydrogens (tertiary/aromatic N) is 3. The van der Waals surface area contributed by atoms with E-state index in [1.807, 2.05) is 38.1 Å². The van der Waals surface area contributed by atoms with Gasteiger partial charge in [-0.25, -0.2) is 4.98 Å². The predicted molar refractivity (Wildman–Crippen MR) is 125 cm³/mol. The smallest absolute Gasteiger partial charge is 0.119 e. The fourth-order valence-corrected chi connectivity index (χ4v) is 5.38. The molecule has 0 N–H and O–H groups in total. The number of benzene rings is 2. The molecule has 0 unspecified atom stereocenters. The lowest BCUT2D eigenvalue weighted by Gasteiger charge is -2.40. The van der Waals surface area contributed by atoms with Gasteiger partial charge in [-0.3, -0.25) is 0 Å². The highest BCUT2D eigenvalue weighted by atomic mass is 16.5. The fraction of sp³-hybridized carbons (Fsp3) is 0.481. The third-order valence-corrected chi connectivity index (χ3v) is 6.28. The van der Waals surface area contributed by atoms with Crippen LogP contribution < -0.4 is 4.74 Å². The molecule has 1 aromatic heterocycles. The maximum Gasteiger partial charge on any atom is 0.119 e. The SMILES string of the molecule is CC(C)Oc1ccc(Cc2nc3cc(C#N)ccc3n2[C@H]2C[C@@H](C)CC(C)(C)C2)cc1. The van der Waals surface area contributed by atoms with E-state index < -0.39 is 0 Å². The Morgan fingerprint density at radius 2 is 1.90 bits per heavy atom. The van der Waals surface area contributed by atoms with E-state index in [0.29, 0.717) is 22.9 Å². The molecule has 1 aliphatic rings. The number of nitriles is 1. The van der Waals surface area contributed by atoms with Crippen molar-refractivity contribution in [2.75, 3.05) is 0 Å². The minimum atomic E-state index is 0.168. The third kappa shape index (κ3) is 4.77. The zero-order valence-electron chi connectivity index (χ0n) is 19.4. The normalized spacial score (nSPS) is 20.7. The quantitative estimate of drug-likeness (QED) is 0.467. The predicted octanol–water partition coefficient (Wildman–Crippen LogP) is 6.67. The minimum absolute atomic E-state index is 0.168. The Morgan fingerprint density at radius 3 is 2.55 bits per heavy atom. The van der Waals surface area contributed by atoms with Crippen molar-refractivity contribution < 1.29 is 4.74 Å². The van der Waals surface area contributed by atoms with Gasteiger partial charge in [0.2, 0.25) is 0 Å². The van der Waals surface area contributed by atoms with Crippen LogP contribution in [0.2, 0.25) is 0 Å². The molecule has 0 saturated heterocycles. The number of hydrogen-bond donors (Lipinski definition) is 0. The number of imidazole rings is 1. The van der Waals surface area contributed by atoms with Gasteiger partial charge in [-0.15, -0.1) is 0 Å². The van der Waals surface area contributed by atoms with Crippen molar-refractivity contribution in [3.63, 3.8) is 0 Å². The first-order valence-corrected chi connectivity index (χ1v) is 11.4. The maximum atomic E-state index is 9.35. The molecular formula is C27H33N3O. The van der Waals surface area contributed by atoms with Crippen LogP contribution in [0.4, 0.5) is 0 Å². The maximum absolute atomic E-state index is 9.35. The topological polar surface area (TPSA) is 50.8 Å². The highest BCUT2D eigenvalue weighted by molar-refractivity contribution is 5.78. The van der Waals surface area contributed by atoms with Crippen LogP contribution in [-0.2, 0) is 6.42 Å². The molecule has 0 bridgehead atoms. The largest absolute Gasteiger partial charge is 0.491 e. The molecule has 0 amide bonds. The molecule has 0 aliphatic heterocycles. The summed E-state index contributed by atoms with van der Waals surface area (Å²) in [7, 11) is 0. The van der Waals surface area contributed by atoms with Gasteiger partial charge in [0, 0.05) is 12.5 Å². The van der Waals surface area contributed by atoms with Crippen LogP contribution in [0, 0.1) is 22.7 Å². The van der Waals surface area contributed by atoms with Crippen molar-refractivity contribution in [3.8, 4) is 11.8 Å². The molecule has 0 radical (unpaired) electrons. The van der Waals surface area contributed by atoms with Crippen molar-refractivity contribution in [2.24, 2.45) is 11.3 Å². The van der Waals surface area contributed by atoms with E-state index >= 15 is 0 Å². The Bertz CT molecular complexity index is 1100. The summed E-state index contributed by atoms with van der Waals surface area (Å²) in [5.41, 5.74) is 4.26. The van der Waals surface area contributed by atoms with E-state index in [0.717, 1.165) is 35.4 Å². The number of ether oxygens (including phenoxy) is 1. The van der Waals surface area contributed by atoms with Gasteiger partial charge in [0.25, 0.3) is 0 Å². The number of hydrogen-bond acceptors (Lipinski definition) is 3. The van der Waals surface area contributed by atoms with E-state index in [4.69, 9.17) is 9.72 Å². The lowest BCUT2D eigenvalue weighted by Crippen LogP contribution is -2.30. The molecule has 2 aromatic carbocycles. The van der Waals surface area contributed by atoms with Gasteiger partial charge in [-0.1, -0.05) is 32.9 Å². The first-order valence-electron chi connectivity index (χ1n) is 11.4. The molecule has 1 heterocycles. The lowest BCUT2D eigenvalue weighted by atomic mass is 9.70. The molecule has 3 aromatic rings. The zero-order chi connectivity index (χ0) is 22.2. The first kappa shape index (κ1) is 21.4. The molecule has 1 saturated carbocycles. The summed E-state index contributed by atoms with van der Waals surface area (Å²) in [6.45, 7) is 11.2. The van der Waals surface area contributed by atoms with E-state index in [2.05, 4.69) is 49.6 Å². The summed E-state index contributed by atoms with van der Waals surface area (Å²) in [6, 6.07) is 17.0. The van der Waals surface area contributed by atoms with Gasteiger partial charge >= 0.3 is 0 Å². The summed E-state index contributed by atoms with van der Waals surface area (Å²) < 4.78 is 8.26. The van der Waals surface area contributed by atoms with Crippen molar-refractivity contribution >= 4 is 11.0 Å². The van der Waals surface area contributed by atoms with Crippen LogP contribution in [0.1, 0.15) is 76.9 Å². The standard InChI is InChI=1S/C27H33N3O/c1-18(2)31-23-9-6-20(7-10-23)14-26-29-24-13-21(17-28)8-11-25(24)30(26)22-12-19(3)15-27(4,5)16-22/h6-11,13,18-19,22H,12,14-16H2,1-5H3/t19-,22+/m1/s1. The second-order valence-corrected chi connectivity index (χ2v) is 10.3. The number of fused-ring (bicyclic) bond motifs is 1. The fourth-order valence-electron chi connectivity index (χ4n) is 5.38. The Kier molecular flexibility index (Phi) is 5.79. The summed E-state index contributed by atoms with van der Waals surface area (Å²) in [5.74, 6) is 2.66. The Morgan fingerprint density at radius 1 is 1.16 bits per heavy atom. The van der Waals surface area contributed by atoms with Gasteiger partial charge in [0.05, 0.1) is 28.8 Å². The molecule has 1 fully saturated rings. The molecule has 1 aliphatic carbocycles. The van der Waals surface area contributed by atoms with Crippen molar-refractivity contribution in [1.29, 1.82) is 5.26 Å². The average molecular weight is 416 g/mol. The number of aromatic nitrogens is 2. The van der Waals surface area contributed by atoms with Crippen LogP contribution in [0.25, 0.3) is 11.0 Å². The lowest BCUT2D eigenvalue weighted by molar-refractivity contribution is 0.137. The van der Waals surface area contributed by atoms with Crippen LogP contribution in [0.3, 0.4) is 0 Å². The van der Waals surface area contributed by atoms with Crippen LogP contribution in [-0.4, -0.2) is 15.7 Å². The second-order valence-electron chi connectivity index (χ2n) is 10.3. The summed E-state index contributed by atoms with van der Waals surface area (Å²) in [4.78, 5) is 5.02. The summed E-state index contributed by atoms with van der Waals surface area (Å²) in [6.07, 6.45) is 4.52. The van der Waals surface area contributed by atoms with Crippen molar-refractivity contribution in [3.05, 3.63) is 59.4 Å². The van der Waals surface area contributed by atoms with Gasteiger partial charge in [-0.2, -0.15) is 5.26 Å². The number of rotatable bonds is 5. The van der Waals surface area contributed by atoms with E-state index in [1.54, 1.807) is 0 Å². The molecule has 4 rings (SSSR count). The molecule has 162 valence electrons. The van der Waals surface area contributed by atoms with Gasteiger partial charge in [0.1, 0.15) is 11.6 Å². The Balaban J connectivity index is 1.73. The first-order chi connectivity index (χ1) is 14.7. The summed E-state index contributed by atoms with van der Waals surface area (Å²) in [5, 5.41) is 9.35. The Labute approximate surface area is 185 Å². The summed E-state index contributed by atoms with van der Waals surface area (Å²) >= 11 is 0. The second kappa shape index (κ2) is 8.38. The van der Waals surface area contributed by atoms with Crippen molar-refractivity contribution in [1.82, 2.24) is 9.55 Å². The highest BCUT2D eigenvalue weighted by Gasteiger charge is 2.34. The zero-order valence-corrected chi connectivity index (χ0v) is 19.4. The minimum Gasteiger partial charge on any atom is -0.491 e. The monoisotopic (exact) mass is 415 g/mol. The molecular weight excluding hydrogens is 382 g/mol. The van der Waals surface area contributed by atoms with Gasteiger partial charge in [-0.05, 0) is 80.3 Å². The Hall–Kier alpha value is -2.80. The molecule has 0 spiro atoms. The van der Waals surface area contributed by atoms with Gasteiger partial charge < -0.3 is 9.30 Å². The van der Waals surface area contributed by atoms with Crippen LogP contribution >= 0.6 is 0 Å². The van der Waals surface area contributed by atoms with Crippen LogP contribution in [0.15, 0.2) is 42.5 Å².